The molecule has 0 aromatic carbocycles. The van der Waals surface area contributed by atoms with E-state index in [0.717, 1.165) is 0 Å². The number of aromatic nitrogens is 2. The standard InChI is InChI=1S/C21H36N6O6/c1-6-11(4)16(20(31)27-17(12(5)28)21(32)33)26-19(30)15(10(2)3)25-18(29)14(22)7-13-8-23-9-24-13/h8-12,14-17,28H,6-7,22H2,1-5H3,(H,23,24)(H,25,29)(H,26,30)(H,27,31)(H,32,33). The summed E-state index contributed by atoms with van der Waals surface area (Å²) in [6.45, 7) is 8.25. The smallest absolute Gasteiger partial charge is 0.328 e. The number of hydrogen-bond donors (Lipinski definition) is 7. The van der Waals surface area contributed by atoms with E-state index in [9.17, 15) is 29.4 Å². The number of aliphatic carboxylic acids is 1. The van der Waals surface area contributed by atoms with Crippen molar-refractivity contribution in [1.82, 2.24) is 25.9 Å². The number of aliphatic hydroxyl groups is 1. The van der Waals surface area contributed by atoms with Gasteiger partial charge < -0.3 is 36.9 Å². The molecule has 0 saturated carbocycles. The average molecular weight is 469 g/mol. The second kappa shape index (κ2) is 12.9. The van der Waals surface area contributed by atoms with Crippen LogP contribution >= 0.6 is 0 Å². The molecule has 1 rings (SSSR count). The van der Waals surface area contributed by atoms with Crippen molar-refractivity contribution in [2.75, 3.05) is 0 Å². The van der Waals surface area contributed by atoms with Gasteiger partial charge in [-0.05, 0) is 18.8 Å². The van der Waals surface area contributed by atoms with Crippen molar-refractivity contribution in [1.29, 1.82) is 0 Å². The number of amides is 3. The quantitative estimate of drug-likeness (QED) is 0.189. The Morgan fingerprint density at radius 2 is 1.55 bits per heavy atom. The summed E-state index contributed by atoms with van der Waals surface area (Å²) in [7, 11) is 0. The summed E-state index contributed by atoms with van der Waals surface area (Å²) in [6, 6.07) is -4.49. The van der Waals surface area contributed by atoms with Crippen molar-refractivity contribution < 1.29 is 29.4 Å². The summed E-state index contributed by atoms with van der Waals surface area (Å²) in [5.41, 5.74) is 6.62. The van der Waals surface area contributed by atoms with Crippen molar-refractivity contribution in [3.8, 4) is 0 Å². The highest BCUT2D eigenvalue weighted by Crippen LogP contribution is 2.11. The summed E-state index contributed by atoms with van der Waals surface area (Å²) in [5.74, 6) is -3.94. The van der Waals surface area contributed by atoms with Gasteiger partial charge in [0.1, 0.15) is 12.1 Å². The van der Waals surface area contributed by atoms with E-state index in [1.165, 1.54) is 13.3 Å². The minimum Gasteiger partial charge on any atom is -0.480 e. The Kier molecular flexibility index (Phi) is 11.0. The first kappa shape index (κ1) is 28.0. The summed E-state index contributed by atoms with van der Waals surface area (Å²) < 4.78 is 0. The fourth-order valence-electron chi connectivity index (χ4n) is 3.10. The van der Waals surface area contributed by atoms with Crippen LogP contribution in [-0.4, -0.2) is 74.1 Å². The molecular formula is C21H36N6O6. The summed E-state index contributed by atoms with van der Waals surface area (Å²) in [5, 5.41) is 26.4. The van der Waals surface area contributed by atoms with Crippen LogP contribution in [0.4, 0.5) is 0 Å². The van der Waals surface area contributed by atoms with Gasteiger partial charge >= 0.3 is 5.97 Å². The zero-order valence-electron chi connectivity index (χ0n) is 19.7. The lowest BCUT2D eigenvalue weighted by Crippen LogP contribution is -2.60. The third kappa shape index (κ3) is 8.46. The van der Waals surface area contributed by atoms with E-state index in [4.69, 9.17) is 5.73 Å². The zero-order chi connectivity index (χ0) is 25.3. The molecule has 0 aliphatic rings. The van der Waals surface area contributed by atoms with E-state index in [-0.39, 0.29) is 18.3 Å². The summed E-state index contributed by atoms with van der Waals surface area (Å²) >= 11 is 0. The van der Waals surface area contributed by atoms with E-state index in [2.05, 4.69) is 25.9 Å². The molecule has 1 aromatic rings. The van der Waals surface area contributed by atoms with Crippen LogP contribution in [0.15, 0.2) is 12.5 Å². The van der Waals surface area contributed by atoms with Crippen LogP contribution in [0.2, 0.25) is 0 Å². The molecule has 3 amide bonds. The van der Waals surface area contributed by atoms with Crippen LogP contribution in [0.25, 0.3) is 0 Å². The lowest BCUT2D eigenvalue weighted by Gasteiger charge is -2.29. The highest BCUT2D eigenvalue weighted by molar-refractivity contribution is 5.94. The van der Waals surface area contributed by atoms with Gasteiger partial charge in [0.2, 0.25) is 17.7 Å². The molecule has 0 aliphatic heterocycles. The van der Waals surface area contributed by atoms with Gasteiger partial charge in [-0.1, -0.05) is 34.1 Å². The normalized spacial score (nSPS) is 16.7. The molecule has 0 aliphatic carbocycles. The van der Waals surface area contributed by atoms with Crippen molar-refractivity contribution >= 4 is 23.7 Å². The van der Waals surface area contributed by atoms with Crippen molar-refractivity contribution in [2.45, 2.75) is 77.7 Å². The van der Waals surface area contributed by atoms with Gasteiger partial charge in [0.05, 0.1) is 18.5 Å². The number of rotatable bonds is 13. The Morgan fingerprint density at radius 3 is 2.00 bits per heavy atom. The van der Waals surface area contributed by atoms with Crippen LogP contribution in [0.3, 0.4) is 0 Å². The molecule has 6 unspecified atom stereocenters. The van der Waals surface area contributed by atoms with Crippen LogP contribution in [0.5, 0.6) is 0 Å². The van der Waals surface area contributed by atoms with E-state index in [1.807, 2.05) is 6.92 Å². The number of H-pyrrole nitrogens is 1. The summed E-state index contributed by atoms with van der Waals surface area (Å²) in [4.78, 5) is 56.4. The zero-order valence-corrected chi connectivity index (χ0v) is 19.7. The number of aromatic amines is 1. The highest BCUT2D eigenvalue weighted by atomic mass is 16.4. The van der Waals surface area contributed by atoms with Crippen LogP contribution in [-0.2, 0) is 25.6 Å². The van der Waals surface area contributed by atoms with Gasteiger partial charge in [0, 0.05) is 18.3 Å². The number of nitrogens with two attached hydrogens (primary N) is 1. The number of nitrogens with zero attached hydrogens (tertiary/aromatic N) is 1. The van der Waals surface area contributed by atoms with Gasteiger partial charge in [0.15, 0.2) is 6.04 Å². The fourth-order valence-corrected chi connectivity index (χ4v) is 3.10. The van der Waals surface area contributed by atoms with E-state index in [0.29, 0.717) is 12.1 Å². The largest absolute Gasteiger partial charge is 0.480 e. The maximum atomic E-state index is 13.0. The highest BCUT2D eigenvalue weighted by Gasteiger charge is 2.34. The molecule has 6 atom stereocenters. The van der Waals surface area contributed by atoms with Gasteiger partial charge in [0.25, 0.3) is 0 Å². The minimum atomic E-state index is -1.53. The molecule has 8 N–H and O–H groups in total. The van der Waals surface area contributed by atoms with Crippen molar-refractivity contribution in [3.63, 3.8) is 0 Å². The number of carboxylic acids is 1. The van der Waals surface area contributed by atoms with Crippen LogP contribution in [0.1, 0.15) is 46.7 Å². The number of carbonyl (C=O) groups excluding carboxylic acids is 3. The molecule has 0 fully saturated rings. The molecular weight excluding hydrogens is 432 g/mol. The van der Waals surface area contributed by atoms with E-state index >= 15 is 0 Å². The number of carbonyl (C=O) groups is 4. The SMILES string of the molecule is CCC(C)C(NC(=O)C(NC(=O)C(N)Cc1cnc[nH]1)C(C)C)C(=O)NC(C(=O)O)C(C)O. The topological polar surface area (TPSA) is 200 Å². The number of nitrogens with one attached hydrogen (secondary N) is 4. The number of hydrogen-bond acceptors (Lipinski definition) is 7. The van der Waals surface area contributed by atoms with Gasteiger partial charge in [-0.3, -0.25) is 14.4 Å². The maximum absolute atomic E-state index is 13.0. The Balaban J connectivity index is 2.93. The lowest BCUT2D eigenvalue weighted by molar-refractivity contribution is -0.145. The second-order valence-electron chi connectivity index (χ2n) is 8.55. The molecule has 0 bridgehead atoms. The second-order valence-corrected chi connectivity index (χ2v) is 8.55. The maximum Gasteiger partial charge on any atom is 0.328 e. The van der Waals surface area contributed by atoms with Gasteiger partial charge in [-0.25, -0.2) is 9.78 Å². The Labute approximate surface area is 193 Å². The van der Waals surface area contributed by atoms with Crippen molar-refractivity contribution in [3.05, 3.63) is 18.2 Å². The first-order chi connectivity index (χ1) is 15.4. The van der Waals surface area contributed by atoms with Gasteiger partial charge in [-0.2, -0.15) is 0 Å². The Morgan fingerprint density at radius 1 is 1.00 bits per heavy atom. The molecule has 0 saturated heterocycles. The van der Waals surface area contributed by atoms with Crippen LogP contribution < -0.4 is 21.7 Å². The fraction of sp³-hybridized carbons (Fsp3) is 0.667. The molecule has 33 heavy (non-hydrogen) atoms. The first-order valence-corrected chi connectivity index (χ1v) is 10.9. The summed E-state index contributed by atoms with van der Waals surface area (Å²) in [6.07, 6.45) is 2.40. The lowest BCUT2D eigenvalue weighted by atomic mass is 9.95. The number of aliphatic hydroxyl groups excluding tert-OH is 1. The molecule has 1 aromatic heterocycles. The van der Waals surface area contributed by atoms with Crippen LogP contribution in [0, 0.1) is 11.8 Å². The Hall–Kier alpha value is -2.99. The molecule has 186 valence electrons. The monoisotopic (exact) mass is 468 g/mol. The molecule has 1 heterocycles. The first-order valence-electron chi connectivity index (χ1n) is 10.9. The van der Waals surface area contributed by atoms with E-state index in [1.54, 1.807) is 27.0 Å². The molecule has 12 heteroatoms. The predicted octanol–water partition coefficient (Wildman–Crippen LogP) is -1.10. The van der Waals surface area contributed by atoms with E-state index < -0.39 is 54.0 Å². The molecule has 0 radical (unpaired) electrons. The van der Waals surface area contributed by atoms with Gasteiger partial charge in [-0.15, -0.1) is 0 Å². The predicted molar refractivity (Wildman–Crippen MR) is 120 cm³/mol. The third-order valence-electron chi connectivity index (χ3n) is 5.42. The molecule has 12 nitrogen and oxygen atoms in total. The van der Waals surface area contributed by atoms with Crippen molar-refractivity contribution in [2.24, 2.45) is 17.6 Å². The third-order valence-corrected chi connectivity index (χ3v) is 5.42. The molecule has 0 spiro atoms. The Bertz CT molecular complexity index is 797. The number of imidazole rings is 1. The number of carboxylic acid groups (broad SMARTS) is 1. The minimum absolute atomic E-state index is 0.200. The average Bonchev–Trinajstić information content (AvgIpc) is 3.25.